The van der Waals surface area contributed by atoms with Crippen LogP contribution in [-0.2, 0) is 14.3 Å². The van der Waals surface area contributed by atoms with E-state index in [4.69, 9.17) is 4.74 Å². The van der Waals surface area contributed by atoms with Gasteiger partial charge in [0, 0.05) is 19.2 Å². The standard InChI is InChI=1S/C14H14F11NO3/c1-2-29-9(27)7-8(26-3-5-28-6-4-26)10(15,16)11(17,18)12(19,20)13(21,22)14(23,24)25/h7H,2-6H2,1H3/b8-7-. The van der Waals surface area contributed by atoms with E-state index in [0.717, 1.165) is 0 Å². The number of morpholine rings is 1. The number of hydrogen-bond donors (Lipinski definition) is 0. The van der Waals surface area contributed by atoms with Crippen LogP contribution in [0.3, 0.4) is 0 Å². The van der Waals surface area contributed by atoms with Gasteiger partial charge in [0.2, 0.25) is 0 Å². The van der Waals surface area contributed by atoms with Crippen molar-refractivity contribution < 1.29 is 62.6 Å². The highest BCUT2D eigenvalue weighted by Gasteiger charge is 2.87. The molecule has 0 aromatic carbocycles. The predicted octanol–water partition coefficient (Wildman–Crippen LogP) is 3.87. The van der Waals surface area contributed by atoms with E-state index in [9.17, 15) is 53.1 Å². The van der Waals surface area contributed by atoms with Crippen molar-refractivity contribution in [3.05, 3.63) is 11.8 Å². The first-order chi connectivity index (χ1) is 12.9. The van der Waals surface area contributed by atoms with E-state index in [1.165, 1.54) is 6.92 Å². The van der Waals surface area contributed by atoms with Crippen molar-refractivity contribution in [2.45, 2.75) is 36.8 Å². The van der Waals surface area contributed by atoms with Crippen molar-refractivity contribution in [1.82, 2.24) is 4.90 Å². The second-order valence-electron chi connectivity index (χ2n) is 5.68. The van der Waals surface area contributed by atoms with E-state index in [2.05, 4.69) is 4.74 Å². The van der Waals surface area contributed by atoms with Gasteiger partial charge >= 0.3 is 35.8 Å². The van der Waals surface area contributed by atoms with Gasteiger partial charge in [-0.05, 0) is 6.92 Å². The zero-order valence-corrected chi connectivity index (χ0v) is 14.4. The third kappa shape index (κ3) is 4.38. The van der Waals surface area contributed by atoms with Gasteiger partial charge in [0.25, 0.3) is 0 Å². The molecule has 0 unspecified atom stereocenters. The Balaban J connectivity index is 3.55. The number of carbonyl (C=O) groups is 1. The molecule has 15 heteroatoms. The fourth-order valence-electron chi connectivity index (χ4n) is 2.21. The molecule has 1 fully saturated rings. The third-order valence-electron chi connectivity index (χ3n) is 3.75. The summed E-state index contributed by atoms with van der Waals surface area (Å²) in [6.45, 7) is -1.44. The highest BCUT2D eigenvalue weighted by atomic mass is 19.4. The molecule has 170 valence electrons. The van der Waals surface area contributed by atoms with Gasteiger partial charge in [-0.25, -0.2) is 4.79 Å². The Morgan fingerprint density at radius 2 is 1.38 bits per heavy atom. The summed E-state index contributed by atoms with van der Waals surface area (Å²) in [5, 5.41) is 0. The first-order valence-corrected chi connectivity index (χ1v) is 7.74. The van der Waals surface area contributed by atoms with Gasteiger partial charge in [-0.3, -0.25) is 0 Å². The molecule has 1 aliphatic heterocycles. The molecule has 0 bridgehead atoms. The smallest absolute Gasteiger partial charge is 0.460 e. The maximum atomic E-state index is 14.4. The predicted molar refractivity (Wildman–Crippen MR) is 73.0 cm³/mol. The van der Waals surface area contributed by atoms with Crippen LogP contribution < -0.4 is 0 Å². The molecule has 4 nitrogen and oxygen atoms in total. The fraction of sp³-hybridized carbons (Fsp3) is 0.786. The van der Waals surface area contributed by atoms with Crippen molar-refractivity contribution in [3.63, 3.8) is 0 Å². The van der Waals surface area contributed by atoms with Crippen LogP contribution in [0, 0.1) is 0 Å². The highest BCUT2D eigenvalue weighted by Crippen LogP contribution is 2.59. The molecule has 0 aromatic rings. The summed E-state index contributed by atoms with van der Waals surface area (Å²) in [6, 6.07) is 0. The van der Waals surface area contributed by atoms with Crippen LogP contribution in [0.5, 0.6) is 0 Å². The van der Waals surface area contributed by atoms with E-state index in [1.807, 2.05) is 0 Å². The number of alkyl halides is 11. The minimum atomic E-state index is -7.57. The molecule has 0 radical (unpaired) electrons. The number of nitrogens with zero attached hydrogens (tertiary/aromatic N) is 1. The van der Waals surface area contributed by atoms with Gasteiger partial charge in [-0.15, -0.1) is 0 Å². The monoisotopic (exact) mass is 453 g/mol. The van der Waals surface area contributed by atoms with Crippen LogP contribution in [0.1, 0.15) is 6.92 Å². The average Bonchev–Trinajstić information content (AvgIpc) is 2.59. The Morgan fingerprint density at radius 1 is 0.897 bits per heavy atom. The van der Waals surface area contributed by atoms with E-state index < -0.39 is 74.4 Å². The lowest BCUT2D eigenvalue weighted by Gasteiger charge is -2.41. The van der Waals surface area contributed by atoms with Crippen molar-refractivity contribution in [1.29, 1.82) is 0 Å². The summed E-state index contributed by atoms with van der Waals surface area (Å²) in [5.74, 6) is -30.4. The molecule has 0 atom stereocenters. The molecule has 0 aromatic heterocycles. The van der Waals surface area contributed by atoms with Gasteiger partial charge in [0.15, 0.2) is 0 Å². The highest BCUT2D eigenvalue weighted by molar-refractivity contribution is 5.83. The van der Waals surface area contributed by atoms with Crippen molar-refractivity contribution in [2.75, 3.05) is 32.9 Å². The van der Waals surface area contributed by atoms with Crippen molar-refractivity contribution in [2.24, 2.45) is 0 Å². The minimum absolute atomic E-state index is 0.232. The molecule has 0 saturated carbocycles. The third-order valence-corrected chi connectivity index (χ3v) is 3.75. The van der Waals surface area contributed by atoms with E-state index in [-0.39, 0.29) is 11.0 Å². The summed E-state index contributed by atoms with van der Waals surface area (Å²) < 4.78 is 155. The number of rotatable bonds is 7. The second kappa shape index (κ2) is 8.14. The second-order valence-corrected chi connectivity index (χ2v) is 5.68. The molecular formula is C14H14F11NO3. The largest absolute Gasteiger partial charge is 0.463 e. The molecule has 1 rings (SSSR count). The molecular weight excluding hydrogens is 439 g/mol. The molecule has 1 saturated heterocycles. The minimum Gasteiger partial charge on any atom is -0.463 e. The Bertz CT molecular complexity index is 625. The Hall–Kier alpha value is -1.80. The molecule has 0 spiro atoms. The maximum absolute atomic E-state index is 14.4. The molecule has 0 aliphatic carbocycles. The van der Waals surface area contributed by atoms with E-state index >= 15 is 0 Å². The Kier molecular flexibility index (Phi) is 7.09. The zero-order chi connectivity index (χ0) is 22.9. The summed E-state index contributed by atoms with van der Waals surface area (Å²) in [4.78, 5) is 11.7. The topological polar surface area (TPSA) is 38.8 Å². The van der Waals surface area contributed by atoms with Crippen molar-refractivity contribution >= 4 is 5.97 Å². The average molecular weight is 453 g/mol. The maximum Gasteiger partial charge on any atom is 0.460 e. The summed E-state index contributed by atoms with van der Waals surface area (Å²) in [5.41, 5.74) is -2.21. The lowest BCUT2D eigenvalue weighted by atomic mass is 9.95. The molecule has 1 heterocycles. The summed E-state index contributed by atoms with van der Waals surface area (Å²) in [7, 11) is 0. The first kappa shape index (κ1) is 25.2. The SMILES string of the molecule is CCOC(=O)/C=C(\N1CCOCC1)C(F)(F)C(F)(F)C(F)(F)C(F)(F)C(F)(F)F. The fourth-order valence-corrected chi connectivity index (χ4v) is 2.21. The van der Waals surface area contributed by atoms with Gasteiger partial charge in [0.1, 0.15) is 0 Å². The number of hydrogen-bond acceptors (Lipinski definition) is 4. The number of ether oxygens (including phenoxy) is 2. The lowest BCUT2D eigenvalue weighted by Crippen LogP contribution is -2.67. The Labute approximate surface area is 156 Å². The lowest BCUT2D eigenvalue weighted by molar-refractivity contribution is -0.419. The number of carbonyl (C=O) groups excluding carboxylic acids is 1. The molecule has 0 amide bonds. The number of halogens is 11. The summed E-state index contributed by atoms with van der Waals surface area (Å²) >= 11 is 0. The summed E-state index contributed by atoms with van der Waals surface area (Å²) in [6.07, 6.45) is -7.62. The molecule has 29 heavy (non-hydrogen) atoms. The first-order valence-electron chi connectivity index (χ1n) is 7.74. The van der Waals surface area contributed by atoms with Gasteiger partial charge in [0.05, 0.1) is 25.5 Å². The molecule has 0 N–H and O–H groups in total. The van der Waals surface area contributed by atoms with Crippen LogP contribution in [0.25, 0.3) is 0 Å². The van der Waals surface area contributed by atoms with Crippen LogP contribution in [0.4, 0.5) is 48.3 Å². The van der Waals surface area contributed by atoms with E-state index in [0.29, 0.717) is 0 Å². The van der Waals surface area contributed by atoms with Gasteiger partial charge in [-0.1, -0.05) is 0 Å². The van der Waals surface area contributed by atoms with Gasteiger partial charge in [-0.2, -0.15) is 48.3 Å². The van der Waals surface area contributed by atoms with E-state index in [1.54, 1.807) is 0 Å². The Morgan fingerprint density at radius 3 is 1.79 bits per heavy atom. The normalized spacial score (nSPS) is 18.1. The zero-order valence-electron chi connectivity index (χ0n) is 14.4. The van der Waals surface area contributed by atoms with Gasteiger partial charge < -0.3 is 14.4 Å². The van der Waals surface area contributed by atoms with Crippen LogP contribution in [0.2, 0.25) is 0 Å². The van der Waals surface area contributed by atoms with Crippen LogP contribution >= 0.6 is 0 Å². The van der Waals surface area contributed by atoms with Crippen LogP contribution in [-0.4, -0.2) is 73.6 Å². The quantitative estimate of drug-likeness (QED) is 0.334. The number of allylic oxidation sites excluding steroid dienone is 1. The van der Waals surface area contributed by atoms with Crippen LogP contribution in [0.15, 0.2) is 11.8 Å². The number of esters is 1. The molecule has 1 aliphatic rings. The van der Waals surface area contributed by atoms with Crippen molar-refractivity contribution in [3.8, 4) is 0 Å².